The maximum atomic E-state index is 12.7. The highest BCUT2D eigenvalue weighted by molar-refractivity contribution is 5.95. The number of ether oxygens (including phenoxy) is 2. The molecule has 0 N–H and O–H groups in total. The lowest BCUT2D eigenvalue weighted by atomic mass is 10.1. The molecule has 1 saturated carbocycles. The van der Waals surface area contributed by atoms with E-state index < -0.39 is 17.7 Å². The molecule has 0 aliphatic heterocycles. The maximum Gasteiger partial charge on any atom is 0.416 e. The second kappa shape index (κ2) is 6.94. The van der Waals surface area contributed by atoms with Crippen LogP contribution in [0.5, 0.6) is 0 Å². The number of nitrogens with zero attached hydrogens (tertiary/aromatic N) is 2. The van der Waals surface area contributed by atoms with Gasteiger partial charge in [-0.3, -0.25) is 4.90 Å². The van der Waals surface area contributed by atoms with E-state index in [4.69, 9.17) is 9.47 Å². The summed E-state index contributed by atoms with van der Waals surface area (Å²) < 4.78 is 10.3. The molecule has 26 heavy (non-hydrogen) atoms. The van der Waals surface area contributed by atoms with Crippen LogP contribution in [0.4, 0.5) is 10.6 Å². The Kier molecular flexibility index (Phi) is 4.85. The van der Waals surface area contributed by atoms with Crippen LogP contribution in [-0.4, -0.2) is 36.3 Å². The van der Waals surface area contributed by atoms with E-state index in [1.54, 1.807) is 17.0 Å². The predicted octanol–water partition coefficient (Wildman–Crippen LogP) is 4.17. The van der Waals surface area contributed by atoms with Crippen LogP contribution in [-0.2, 0) is 9.47 Å². The zero-order chi connectivity index (χ0) is 18.9. The average Bonchev–Trinajstić information content (AvgIpc) is 3.40. The van der Waals surface area contributed by atoms with Crippen molar-refractivity contribution in [3.8, 4) is 0 Å². The number of hydrogen-bond acceptors (Lipinski definition) is 5. The van der Waals surface area contributed by atoms with E-state index in [0.29, 0.717) is 29.4 Å². The van der Waals surface area contributed by atoms with Gasteiger partial charge in [0.2, 0.25) is 0 Å². The van der Waals surface area contributed by atoms with Gasteiger partial charge in [-0.2, -0.15) is 0 Å². The molecule has 1 aliphatic carbocycles. The smallest absolute Gasteiger partial charge is 0.416 e. The first-order chi connectivity index (χ1) is 12.3. The topological polar surface area (TPSA) is 68.7 Å². The van der Waals surface area contributed by atoms with Crippen molar-refractivity contribution in [1.82, 2.24) is 4.98 Å². The van der Waals surface area contributed by atoms with Gasteiger partial charge in [-0.05, 0) is 63.8 Å². The lowest BCUT2D eigenvalue weighted by Gasteiger charge is -2.27. The fraction of sp³-hybridized carbons (Fsp3) is 0.450. The molecular weight excluding hydrogens is 332 g/mol. The number of hydrogen-bond donors (Lipinski definition) is 0. The third-order valence-corrected chi connectivity index (χ3v) is 4.13. The predicted molar refractivity (Wildman–Crippen MR) is 99.4 cm³/mol. The summed E-state index contributed by atoms with van der Waals surface area (Å²) in [5.74, 6) is 0.600. The Morgan fingerprint density at radius 2 is 1.88 bits per heavy atom. The molecule has 0 bridgehead atoms. The lowest BCUT2D eigenvalue weighted by Crippen LogP contribution is -2.38. The highest BCUT2D eigenvalue weighted by Gasteiger charge is 2.31. The molecule has 1 amide bonds. The first kappa shape index (κ1) is 18.2. The molecular formula is C20H24N2O4. The average molecular weight is 356 g/mol. The van der Waals surface area contributed by atoms with Crippen LogP contribution >= 0.6 is 0 Å². The third kappa shape index (κ3) is 4.31. The van der Waals surface area contributed by atoms with Gasteiger partial charge < -0.3 is 9.47 Å². The van der Waals surface area contributed by atoms with E-state index >= 15 is 0 Å². The Morgan fingerprint density at radius 3 is 2.50 bits per heavy atom. The van der Waals surface area contributed by atoms with Gasteiger partial charge in [0.15, 0.2) is 0 Å². The summed E-state index contributed by atoms with van der Waals surface area (Å²) in [4.78, 5) is 30.6. The van der Waals surface area contributed by atoms with Crippen molar-refractivity contribution in [2.24, 2.45) is 5.92 Å². The Bertz CT molecular complexity index is 837. The van der Waals surface area contributed by atoms with E-state index in [2.05, 4.69) is 4.98 Å². The molecule has 3 rings (SSSR count). The summed E-state index contributed by atoms with van der Waals surface area (Å²) in [6, 6.07) is 8.90. The molecule has 0 saturated heterocycles. The number of aromatic nitrogens is 1. The second-order valence-corrected chi connectivity index (χ2v) is 7.60. The van der Waals surface area contributed by atoms with Gasteiger partial charge in [-0.1, -0.05) is 6.07 Å². The Balaban J connectivity index is 1.95. The Hall–Kier alpha value is -2.63. The first-order valence-electron chi connectivity index (χ1n) is 8.76. The Morgan fingerprint density at radius 1 is 1.19 bits per heavy atom. The summed E-state index contributed by atoms with van der Waals surface area (Å²) in [6.07, 6.45) is 1.82. The molecule has 0 atom stereocenters. The number of carbonyl (C=O) groups excluding carboxylic acids is 2. The highest BCUT2D eigenvalue weighted by atomic mass is 16.6. The van der Waals surface area contributed by atoms with Gasteiger partial charge in [0, 0.05) is 11.9 Å². The van der Waals surface area contributed by atoms with Crippen LogP contribution in [0.3, 0.4) is 0 Å². The number of amides is 1. The largest absolute Gasteiger partial charge is 0.465 e. The van der Waals surface area contributed by atoms with Crippen molar-refractivity contribution in [3.63, 3.8) is 0 Å². The van der Waals surface area contributed by atoms with Crippen LogP contribution in [0.1, 0.15) is 44.0 Å². The minimum Gasteiger partial charge on any atom is -0.465 e. The normalized spacial score (nSPS) is 14.2. The minimum absolute atomic E-state index is 0.402. The van der Waals surface area contributed by atoms with Crippen LogP contribution in [0.25, 0.3) is 10.9 Å². The van der Waals surface area contributed by atoms with Gasteiger partial charge in [0.25, 0.3) is 0 Å². The van der Waals surface area contributed by atoms with E-state index in [0.717, 1.165) is 18.2 Å². The minimum atomic E-state index is -0.576. The molecule has 1 aliphatic rings. The molecule has 1 aromatic carbocycles. The van der Waals surface area contributed by atoms with Crippen molar-refractivity contribution in [3.05, 3.63) is 35.9 Å². The fourth-order valence-electron chi connectivity index (χ4n) is 2.64. The summed E-state index contributed by atoms with van der Waals surface area (Å²) in [7, 11) is 1.34. The van der Waals surface area contributed by atoms with Crippen LogP contribution in [0.15, 0.2) is 30.3 Å². The van der Waals surface area contributed by atoms with Gasteiger partial charge in [-0.25, -0.2) is 14.6 Å². The van der Waals surface area contributed by atoms with Crippen molar-refractivity contribution >= 4 is 28.8 Å². The SMILES string of the molecule is COC(=O)c1ccc2ccc(N(CC3CC3)C(=O)OC(C)(C)C)nc2c1. The number of pyridine rings is 1. The number of anilines is 1. The molecule has 0 radical (unpaired) electrons. The second-order valence-electron chi connectivity index (χ2n) is 7.60. The lowest BCUT2D eigenvalue weighted by molar-refractivity contribution is 0.0573. The quantitative estimate of drug-likeness (QED) is 0.769. The summed E-state index contributed by atoms with van der Waals surface area (Å²) in [6.45, 7) is 6.12. The number of carbonyl (C=O) groups is 2. The number of benzene rings is 1. The number of esters is 1. The maximum absolute atomic E-state index is 12.7. The number of methoxy groups -OCH3 is 1. The van der Waals surface area contributed by atoms with Crippen LogP contribution in [0, 0.1) is 5.92 Å². The summed E-state index contributed by atoms with van der Waals surface area (Å²) in [5.41, 5.74) is 0.485. The molecule has 0 unspecified atom stereocenters. The first-order valence-corrected chi connectivity index (χ1v) is 8.76. The van der Waals surface area contributed by atoms with E-state index in [-0.39, 0.29) is 0 Å². The fourth-order valence-corrected chi connectivity index (χ4v) is 2.64. The molecule has 0 spiro atoms. The van der Waals surface area contributed by atoms with Gasteiger partial charge in [0.1, 0.15) is 11.4 Å². The van der Waals surface area contributed by atoms with Crippen molar-refractivity contribution < 1.29 is 19.1 Å². The van der Waals surface area contributed by atoms with Crippen LogP contribution < -0.4 is 4.90 Å². The van der Waals surface area contributed by atoms with Crippen LogP contribution in [0.2, 0.25) is 0 Å². The van der Waals surface area contributed by atoms with Crippen molar-refractivity contribution in [2.45, 2.75) is 39.2 Å². The molecule has 6 heteroatoms. The molecule has 138 valence electrons. The van der Waals surface area contributed by atoms with E-state index in [9.17, 15) is 9.59 Å². The van der Waals surface area contributed by atoms with E-state index in [1.807, 2.05) is 39.0 Å². The zero-order valence-corrected chi connectivity index (χ0v) is 15.6. The molecule has 6 nitrogen and oxygen atoms in total. The van der Waals surface area contributed by atoms with Gasteiger partial charge in [0.05, 0.1) is 18.2 Å². The summed E-state index contributed by atoms with van der Waals surface area (Å²) in [5, 5.41) is 0.886. The highest BCUT2D eigenvalue weighted by Crippen LogP contribution is 2.32. The molecule has 1 heterocycles. The third-order valence-electron chi connectivity index (χ3n) is 4.13. The molecule has 2 aromatic rings. The molecule has 1 aromatic heterocycles. The number of fused-ring (bicyclic) bond motifs is 1. The zero-order valence-electron chi connectivity index (χ0n) is 15.6. The molecule has 1 fully saturated rings. The summed E-state index contributed by atoms with van der Waals surface area (Å²) >= 11 is 0. The number of rotatable bonds is 4. The van der Waals surface area contributed by atoms with Gasteiger partial charge in [-0.15, -0.1) is 0 Å². The van der Waals surface area contributed by atoms with E-state index in [1.165, 1.54) is 7.11 Å². The van der Waals surface area contributed by atoms with Crippen molar-refractivity contribution in [1.29, 1.82) is 0 Å². The van der Waals surface area contributed by atoms with Crippen molar-refractivity contribution in [2.75, 3.05) is 18.6 Å². The standard InChI is InChI=1S/C20H24N2O4/c1-20(2,3)26-19(24)22(12-13-5-6-13)17-10-9-14-7-8-15(18(23)25-4)11-16(14)21-17/h7-11,13H,5-6,12H2,1-4H3. The van der Waals surface area contributed by atoms with Gasteiger partial charge >= 0.3 is 12.1 Å². The monoisotopic (exact) mass is 356 g/mol. The Labute approximate surface area is 153 Å².